The Morgan fingerprint density at radius 1 is 0.788 bits per heavy atom. The lowest BCUT2D eigenvalue weighted by molar-refractivity contribution is -0.867. The molecule has 0 aliphatic rings. The highest BCUT2D eigenvalue weighted by molar-refractivity contribution is 7.45. The zero-order valence-electron chi connectivity index (χ0n) is 21.8. The van der Waals surface area contributed by atoms with Crippen LogP contribution in [0, 0.1) is 0 Å². The third-order valence-electron chi connectivity index (χ3n) is 5.23. The molecule has 192 valence electrons. The van der Waals surface area contributed by atoms with Crippen molar-refractivity contribution in [1.29, 1.82) is 0 Å². The van der Waals surface area contributed by atoms with Crippen LogP contribution in [0.5, 0.6) is 0 Å². The van der Waals surface area contributed by atoms with Crippen molar-refractivity contribution in [3.63, 3.8) is 0 Å². The van der Waals surface area contributed by atoms with Gasteiger partial charge in [0.25, 0.3) is 0 Å². The summed E-state index contributed by atoms with van der Waals surface area (Å²) in [5, 5.41) is 10.0. The molecule has 0 saturated carbocycles. The fourth-order valence-corrected chi connectivity index (χ4v) is 6.36. The minimum Gasteiger partial charge on any atom is -0.461 e. The van der Waals surface area contributed by atoms with Crippen LogP contribution in [0.1, 0.15) is 33.1 Å². The third-order valence-corrected chi connectivity index (χ3v) is 9.17. The van der Waals surface area contributed by atoms with Crippen molar-refractivity contribution in [3.8, 4) is 0 Å². The number of carbonyl (C=O) groups excluding carboxylic acids is 2. The fourth-order valence-electron chi connectivity index (χ4n) is 2.74. The molecule has 11 heteroatoms. The van der Waals surface area contributed by atoms with E-state index in [-0.39, 0.29) is 24.5 Å². The maximum atomic E-state index is 12.5. The Labute approximate surface area is 201 Å². The Kier molecular flexibility index (Phi) is 14.7. The van der Waals surface area contributed by atoms with Gasteiger partial charge in [-0.15, -0.1) is 0 Å². The van der Waals surface area contributed by atoms with Crippen LogP contribution < -0.4 is 0 Å². The van der Waals surface area contributed by atoms with Gasteiger partial charge in [0.2, 0.25) is 0 Å². The minimum atomic E-state index is -1.65. The number of esters is 2. The van der Waals surface area contributed by atoms with Crippen molar-refractivity contribution >= 4 is 27.5 Å². The van der Waals surface area contributed by atoms with Crippen molar-refractivity contribution in [2.24, 2.45) is 0 Å². The van der Waals surface area contributed by atoms with E-state index in [0.717, 1.165) is 13.1 Å². The van der Waals surface area contributed by atoms with E-state index in [4.69, 9.17) is 9.47 Å². The lowest BCUT2D eigenvalue weighted by atomic mass is 10.2. The molecule has 0 heterocycles. The van der Waals surface area contributed by atoms with Gasteiger partial charge in [-0.3, -0.25) is 4.79 Å². The molecule has 5 atom stereocenters. The first-order valence-corrected chi connectivity index (χ1v) is 14.6. The van der Waals surface area contributed by atoms with E-state index in [1.54, 1.807) is 0 Å². The SMILES string of the molecule is CCC(COC(=O)CC(O)C(=O)OCC(CC)[P+](=O)CC[N+](C)(C)C)[P+](=O)CC[N+](C)(C)C. The van der Waals surface area contributed by atoms with E-state index in [1.807, 2.05) is 56.1 Å². The van der Waals surface area contributed by atoms with Crippen molar-refractivity contribution in [2.75, 3.05) is 80.9 Å². The Morgan fingerprint density at radius 3 is 1.55 bits per heavy atom. The van der Waals surface area contributed by atoms with Gasteiger partial charge in [0.15, 0.2) is 29.7 Å². The number of rotatable bonds is 17. The van der Waals surface area contributed by atoms with E-state index in [2.05, 4.69) is 0 Å². The van der Waals surface area contributed by atoms with E-state index in [1.165, 1.54) is 0 Å². The summed E-state index contributed by atoms with van der Waals surface area (Å²) in [5.74, 6) is -1.67. The summed E-state index contributed by atoms with van der Waals surface area (Å²) in [5.41, 5.74) is -0.545. The molecule has 0 aliphatic carbocycles. The second-order valence-corrected chi connectivity index (χ2v) is 14.5. The molecule has 0 saturated heterocycles. The zero-order chi connectivity index (χ0) is 25.8. The average molecular weight is 513 g/mol. The number of hydrogen-bond donors (Lipinski definition) is 1. The number of nitrogens with zero attached hydrogens (tertiary/aromatic N) is 2. The maximum absolute atomic E-state index is 12.5. The highest BCUT2D eigenvalue weighted by Gasteiger charge is 2.34. The molecule has 0 aromatic rings. The number of aliphatic hydroxyl groups excluding tert-OH is 1. The van der Waals surface area contributed by atoms with Gasteiger partial charge in [-0.2, -0.15) is 0 Å². The molecule has 0 aromatic heterocycles. The number of carbonyl (C=O) groups is 2. The molecule has 0 rings (SSSR count). The van der Waals surface area contributed by atoms with Crippen molar-refractivity contribution in [3.05, 3.63) is 0 Å². The summed E-state index contributed by atoms with van der Waals surface area (Å²) in [6, 6.07) is 0. The molecule has 0 fully saturated rings. The second kappa shape index (κ2) is 15.1. The third kappa shape index (κ3) is 15.5. The van der Waals surface area contributed by atoms with E-state index in [0.29, 0.717) is 34.1 Å². The fraction of sp³-hybridized carbons (Fsp3) is 0.909. The molecule has 0 spiro atoms. The van der Waals surface area contributed by atoms with E-state index in [9.17, 15) is 23.8 Å². The van der Waals surface area contributed by atoms with Crippen molar-refractivity contribution in [2.45, 2.75) is 50.5 Å². The summed E-state index contributed by atoms with van der Waals surface area (Å²) >= 11 is 0. The van der Waals surface area contributed by atoms with Crippen molar-refractivity contribution in [1.82, 2.24) is 0 Å². The smallest absolute Gasteiger partial charge is 0.351 e. The predicted molar refractivity (Wildman–Crippen MR) is 131 cm³/mol. The van der Waals surface area contributed by atoms with E-state index < -0.39 is 40.1 Å². The number of hydrogen-bond acceptors (Lipinski definition) is 7. The topological polar surface area (TPSA) is 107 Å². The van der Waals surface area contributed by atoms with Gasteiger partial charge in [-0.25, -0.2) is 4.79 Å². The summed E-state index contributed by atoms with van der Waals surface area (Å²) < 4.78 is 36.7. The molecule has 9 nitrogen and oxygen atoms in total. The molecule has 5 unspecified atom stereocenters. The van der Waals surface area contributed by atoms with Gasteiger partial charge in [0.05, 0.1) is 48.7 Å². The van der Waals surface area contributed by atoms with Crippen LogP contribution in [0.3, 0.4) is 0 Å². The summed E-state index contributed by atoms with van der Waals surface area (Å²) in [7, 11) is 9.05. The Bertz CT molecular complexity index is 660. The van der Waals surface area contributed by atoms with Crippen LogP contribution in [-0.2, 0) is 28.2 Å². The summed E-state index contributed by atoms with van der Waals surface area (Å²) in [6.07, 6.45) is 0.0807. The van der Waals surface area contributed by atoms with Crippen LogP contribution in [0.4, 0.5) is 0 Å². The van der Waals surface area contributed by atoms with Crippen LogP contribution in [-0.4, -0.2) is 124 Å². The van der Waals surface area contributed by atoms with Gasteiger partial charge in [0.1, 0.15) is 26.3 Å². The average Bonchev–Trinajstić information content (AvgIpc) is 2.70. The van der Waals surface area contributed by atoms with Gasteiger partial charge in [-0.1, -0.05) is 23.0 Å². The molecular formula is C22H46N2O7P2+4. The Hall–Kier alpha value is -0.980. The molecule has 33 heavy (non-hydrogen) atoms. The van der Waals surface area contributed by atoms with Gasteiger partial charge in [0, 0.05) is 0 Å². The van der Waals surface area contributed by atoms with Gasteiger partial charge < -0.3 is 23.5 Å². The monoisotopic (exact) mass is 512 g/mol. The first-order valence-electron chi connectivity index (χ1n) is 11.6. The van der Waals surface area contributed by atoms with E-state index >= 15 is 0 Å². The summed E-state index contributed by atoms with van der Waals surface area (Å²) in [6.45, 7) is 5.20. The summed E-state index contributed by atoms with van der Waals surface area (Å²) in [4.78, 5) is 24.2. The lowest BCUT2D eigenvalue weighted by Crippen LogP contribution is -2.37. The Balaban J connectivity index is 4.49. The molecule has 0 aliphatic heterocycles. The normalized spacial score (nSPS) is 15.9. The highest BCUT2D eigenvalue weighted by Crippen LogP contribution is 2.32. The first kappa shape index (κ1) is 32.0. The standard InChI is InChI=1S/C22H46N2O7P2/c1-9-18(32(28)13-11-23(3,4)5)16-30-21(26)15-20(25)22(27)31-17-19(10-2)33(29)14-12-24(6,7)8/h18-20,25H,9-17H2,1-8H3/q+4. The largest absolute Gasteiger partial charge is 0.461 e. The highest BCUT2D eigenvalue weighted by atomic mass is 31.1. The van der Waals surface area contributed by atoms with Crippen molar-refractivity contribution < 1.29 is 42.3 Å². The zero-order valence-corrected chi connectivity index (χ0v) is 23.6. The quantitative estimate of drug-likeness (QED) is 0.181. The first-order chi connectivity index (χ1) is 15.1. The number of aliphatic hydroxyl groups is 1. The molecule has 1 N–H and O–H groups in total. The Morgan fingerprint density at radius 2 is 1.18 bits per heavy atom. The van der Waals surface area contributed by atoms with Crippen LogP contribution in [0.15, 0.2) is 0 Å². The molecule has 0 radical (unpaired) electrons. The lowest BCUT2D eigenvalue weighted by Gasteiger charge is -2.21. The number of ether oxygens (including phenoxy) is 2. The molecule has 0 bridgehead atoms. The van der Waals surface area contributed by atoms with Crippen LogP contribution in [0.25, 0.3) is 0 Å². The maximum Gasteiger partial charge on any atom is 0.351 e. The molecule has 0 aromatic carbocycles. The van der Waals surface area contributed by atoms with Crippen LogP contribution >= 0.6 is 15.6 Å². The second-order valence-electron chi connectivity index (χ2n) is 10.5. The predicted octanol–water partition coefficient (Wildman–Crippen LogP) is 2.45. The van der Waals surface area contributed by atoms with Gasteiger partial charge in [-0.05, 0) is 12.8 Å². The molecular weight excluding hydrogens is 466 g/mol. The molecule has 0 amide bonds. The van der Waals surface area contributed by atoms with Gasteiger partial charge >= 0.3 is 27.5 Å². The number of quaternary nitrogens is 2. The van der Waals surface area contributed by atoms with Crippen LogP contribution in [0.2, 0.25) is 0 Å². The minimum absolute atomic E-state index is 0.00584.